The van der Waals surface area contributed by atoms with E-state index in [-0.39, 0.29) is 16.2 Å². The van der Waals surface area contributed by atoms with Crippen molar-refractivity contribution in [2.24, 2.45) is 16.2 Å². The van der Waals surface area contributed by atoms with E-state index in [0.717, 1.165) is 0 Å². The molecule has 1 fully saturated rings. The molecule has 15 heavy (non-hydrogen) atoms. The molecule has 0 N–H and O–H groups in total. The molecular formula is C13H24Cl2. The van der Waals surface area contributed by atoms with Gasteiger partial charge in [-0.25, -0.2) is 0 Å². The second-order valence-electron chi connectivity index (χ2n) is 6.88. The van der Waals surface area contributed by atoms with Crippen molar-refractivity contribution in [3.8, 4) is 0 Å². The predicted octanol–water partition coefficient (Wildman–Crippen LogP) is 5.07. The highest BCUT2D eigenvalue weighted by atomic mass is 35.5. The lowest BCUT2D eigenvalue weighted by atomic mass is 9.59. The van der Waals surface area contributed by atoms with Gasteiger partial charge in [0.1, 0.15) is 0 Å². The summed E-state index contributed by atoms with van der Waals surface area (Å²) in [7, 11) is 0. The Bertz CT molecular complexity index is 193. The largest absolute Gasteiger partial charge is 0.117 e. The van der Waals surface area contributed by atoms with Crippen LogP contribution in [0.3, 0.4) is 0 Å². The minimum absolute atomic E-state index is 0.0123. The van der Waals surface area contributed by atoms with Crippen LogP contribution < -0.4 is 0 Å². The van der Waals surface area contributed by atoms with E-state index in [1.54, 1.807) is 0 Å². The Hall–Kier alpha value is 0.580. The fourth-order valence-corrected chi connectivity index (χ4v) is 4.07. The summed E-state index contributed by atoms with van der Waals surface area (Å²) in [4.78, 5) is -0.816. The molecule has 1 saturated carbocycles. The first kappa shape index (κ1) is 13.6. The zero-order valence-electron chi connectivity index (χ0n) is 11.3. The van der Waals surface area contributed by atoms with Gasteiger partial charge < -0.3 is 0 Å². The monoisotopic (exact) mass is 250 g/mol. The number of hydrogen-bond acceptors (Lipinski definition) is 0. The first-order valence-electron chi connectivity index (χ1n) is 5.63. The molecule has 90 valence electrons. The third-order valence-corrected chi connectivity index (χ3v) is 8.15. The minimum atomic E-state index is -0.408. The normalized spacial score (nSPS) is 46.8. The van der Waals surface area contributed by atoms with E-state index in [4.69, 9.17) is 23.2 Å². The topological polar surface area (TPSA) is 0 Å². The summed E-state index contributed by atoms with van der Waals surface area (Å²) in [5, 5.41) is 0. The number of hydrogen-bond donors (Lipinski definition) is 0. The zero-order chi connectivity index (χ0) is 12.5. The van der Waals surface area contributed by atoms with Gasteiger partial charge in [0.25, 0.3) is 0 Å². The summed E-state index contributed by atoms with van der Waals surface area (Å²) in [6, 6.07) is 0. The second kappa shape index (κ2) is 2.88. The molecule has 0 aromatic heterocycles. The molecule has 0 aromatic rings. The molecule has 0 heterocycles. The van der Waals surface area contributed by atoms with Crippen molar-refractivity contribution < 1.29 is 0 Å². The standard InChI is InChI=1S/C13H24Cl2/c1-9(2)10(3,4)12(7,14)13(8,15)11(9,5)6/h1-8H3/t12-,13?/m0/s1. The van der Waals surface area contributed by atoms with Crippen molar-refractivity contribution in [3.63, 3.8) is 0 Å². The van der Waals surface area contributed by atoms with E-state index in [0.29, 0.717) is 0 Å². The van der Waals surface area contributed by atoms with Crippen LogP contribution in [-0.4, -0.2) is 9.75 Å². The van der Waals surface area contributed by atoms with E-state index in [1.165, 1.54) is 0 Å². The smallest absolute Gasteiger partial charge is 0.0668 e. The van der Waals surface area contributed by atoms with Crippen LogP contribution in [-0.2, 0) is 0 Å². The Labute approximate surface area is 105 Å². The molecule has 1 aliphatic rings. The van der Waals surface area contributed by atoms with Gasteiger partial charge >= 0.3 is 0 Å². The summed E-state index contributed by atoms with van der Waals surface area (Å²) >= 11 is 13.6. The molecule has 2 heteroatoms. The molecule has 0 bridgehead atoms. The van der Waals surface area contributed by atoms with Gasteiger partial charge in [0, 0.05) is 0 Å². The molecule has 1 rings (SSSR count). The number of alkyl halides is 2. The highest BCUT2D eigenvalue weighted by molar-refractivity contribution is 6.36. The van der Waals surface area contributed by atoms with Crippen molar-refractivity contribution in [1.29, 1.82) is 0 Å². The van der Waals surface area contributed by atoms with Crippen LogP contribution in [0.4, 0.5) is 0 Å². The van der Waals surface area contributed by atoms with Crippen LogP contribution in [0.2, 0.25) is 0 Å². The second-order valence-corrected chi connectivity index (χ2v) is 8.39. The molecule has 0 nitrogen and oxygen atoms in total. The van der Waals surface area contributed by atoms with Gasteiger partial charge in [-0.3, -0.25) is 0 Å². The highest BCUT2D eigenvalue weighted by Crippen LogP contribution is 2.74. The van der Waals surface area contributed by atoms with Gasteiger partial charge in [-0.2, -0.15) is 0 Å². The van der Waals surface area contributed by atoms with Crippen LogP contribution >= 0.6 is 23.2 Å². The molecule has 2 atom stereocenters. The van der Waals surface area contributed by atoms with Crippen LogP contribution in [0.1, 0.15) is 55.4 Å². The summed E-state index contributed by atoms with van der Waals surface area (Å²) in [6.07, 6.45) is 0. The lowest BCUT2D eigenvalue weighted by Crippen LogP contribution is -2.48. The number of halogens is 2. The van der Waals surface area contributed by atoms with Crippen LogP contribution in [0.5, 0.6) is 0 Å². The third kappa shape index (κ3) is 1.11. The predicted molar refractivity (Wildman–Crippen MR) is 69.9 cm³/mol. The van der Waals surface area contributed by atoms with Crippen LogP contribution in [0.25, 0.3) is 0 Å². The van der Waals surface area contributed by atoms with E-state index >= 15 is 0 Å². The van der Waals surface area contributed by atoms with Crippen molar-refractivity contribution >= 4 is 23.2 Å². The van der Waals surface area contributed by atoms with Crippen LogP contribution in [0, 0.1) is 16.2 Å². The van der Waals surface area contributed by atoms with E-state index in [9.17, 15) is 0 Å². The molecule has 0 amide bonds. The fourth-order valence-electron chi connectivity index (χ4n) is 3.13. The molecule has 0 aromatic carbocycles. The van der Waals surface area contributed by atoms with E-state index in [1.807, 2.05) is 0 Å². The first-order valence-corrected chi connectivity index (χ1v) is 6.38. The fraction of sp³-hybridized carbons (Fsp3) is 1.00. The van der Waals surface area contributed by atoms with Crippen molar-refractivity contribution in [1.82, 2.24) is 0 Å². The Kier molecular flexibility index (Phi) is 2.62. The molecule has 0 aliphatic heterocycles. The molecule has 0 saturated heterocycles. The number of rotatable bonds is 0. The van der Waals surface area contributed by atoms with Gasteiger partial charge in [-0.1, -0.05) is 41.5 Å². The van der Waals surface area contributed by atoms with Crippen molar-refractivity contribution in [2.75, 3.05) is 0 Å². The van der Waals surface area contributed by atoms with Gasteiger partial charge in [0.2, 0.25) is 0 Å². The van der Waals surface area contributed by atoms with E-state index in [2.05, 4.69) is 55.4 Å². The maximum absolute atomic E-state index is 6.79. The summed E-state index contributed by atoms with van der Waals surface area (Å²) in [6.45, 7) is 17.6. The van der Waals surface area contributed by atoms with E-state index < -0.39 is 9.75 Å². The first-order chi connectivity index (χ1) is 6.25. The van der Waals surface area contributed by atoms with Gasteiger partial charge in [0.15, 0.2) is 0 Å². The minimum Gasteiger partial charge on any atom is -0.117 e. The Balaban J connectivity index is 3.55. The summed E-state index contributed by atoms with van der Waals surface area (Å²) in [5.74, 6) is 0. The highest BCUT2D eigenvalue weighted by Gasteiger charge is 2.74. The molecule has 1 aliphatic carbocycles. The Morgan fingerprint density at radius 2 is 0.667 bits per heavy atom. The maximum atomic E-state index is 6.79. The SMILES string of the molecule is CC1(C)C(C)(C)C(C)(Cl)[C@@](C)(Cl)C1(C)C. The van der Waals surface area contributed by atoms with Crippen molar-refractivity contribution in [2.45, 2.75) is 65.1 Å². The maximum Gasteiger partial charge on any atom is 0.0668 e. The molecule has 1 unspecified atom stereocenters. The lowest BCUT2D eigenvalue weighted by Gasteiger charge is -2.46. The molecule has 0 radical (unpaired) electrons. The average molecular weight is 251 g/mol. The van der Waals surface area contributed by atoms with Gasteiger partial charge in [-0.15, -0.1) is 23.2 Å². The summed E-state index contributed by atoms with van der Waals surface area (Å²) in [5.41, 5.74) is 0.0656. The lowest BCUT2D eigenvalue weighted by molar-refractivity contribution is 0.0393. The van der Waals surface area contributed by atoms with Gasteiger partial charge in [-0.05, 0) is 30.1 Å². The third-order valence-electron chi connectivity index (χ3n) is 6.35. The van der Waals surface area contributed by atoms with Crippen LogP contribution in [0.15, 0.2) is 0 Å². The molecule has 0 spiro atoms. The summed E-state index contributed by atoms with van der Waals surface area (Å²) < 4.78 is 0. The quantitative estimate of drug-likeness (QED) is 0.527. The van der Waals surface area contributed by atoms with Crippen molar-refractivity contribution in [3.05, 3.63) is 0 Å². The zero-order valence-corrected chi connectivity index (χ0v) is 12.8. The van der Waals surface area contributed by atoms with Gasteiger partial charge in [0.05, 0.1) is 9.75 Å². The Morgan fingerprint density at radius 1 is 0.467 bits per heavy atom. The molecular weight excluding hydrogens is 227 g/mol. The average Bonchev–Trinajstić information content (AvgIpc) is 2.04. The Morgan fingerprint density at radius 3 is 0.733 bits per heavy atom.